The Hall–Kier alpha value is -1.61. The van der Waals surface area contributed by atoms with Crippen LogP contribution in [0.15, 0.2) is 34.9 Å². The number of nitrogens with zero attached hydrogens (tertiary/aromatic N) is 1. The Morgan fingerprint density at radius 3 is 2.53 bits per heavy atom. The highest BCUT2D eigenvalue weighted by molar-refractivity contribution is 5.22. The van der Waals surface area contributed by atoms with E-state index in [4.69, 9.17) is 4.52 Å². The highest BCUT2D eigenvalue weighted by atomic mass is 16.5. The summed E-state index contributed by atoms with van der Waals surface area (Å²) in [6, 6.07) is 10.7. The fraction of sp³-hybridized carbons (Fsp3) is 0.357. The van der Waals surface area contributed by atoms with Gasteiger partial charge in [-0.1, -0.05) is 35.5 Å². The maximum Gasteiger partial charge on any atom is 0.138 e. The largest absolute Gasteiger partial charge is 0.361 e. The monoisotopic (exact) mass is 230 g/mol. The maximum absolute atomic E-state index is 5.14. The lowest BCUT2D eigenvalue weighted by molar-refractivity contribution is 0.391. The van der Waals surface area contributed by atoms with E-state index in [-0.39, 0.29) is 0 Å². The van der Waals surface area contributed by atoms with Crippen LogP contribution in [0.1, 0.15) is 35.5 Å². The van der Waals surface area contributed by atoms with Gasteiger partial charge in [0.15, 0.2) is 0 Å². The summed E-state index contributed by atoms with van der Waals surface area (Å²) in [5.41, 5.74) is 3.42. The van der Waals surface area contributed by atoms with Gasteiger partial charge in [0.1, 0.15) is 5.76 Å². The topological polar surface area (TPSA) is 38.1 Å². The van der Waals surface area contributed by atoms with Gasteiger partial charge < -0.3 is 9.84 Å². The van der Waals surface area contributed by atoms with Crippen LogP contribution in [0.25, 0.3) is 0 Å². The maximum atomic E-state index is 5.14. The zero-order valence-electron chi connectivity index (χ0n) is 10.5. The lowest BCUT2D eigenvalue weighted by atomic mass is 10.1. The van der Waals surface area contributed by atoms with Crippen molar-refractivity contribution in [3.8, 4) is 0 Å². The van der Waals surface area contributed by atoms with E-state index in [1.165, 1.54) is 5.56 Å². The summed E-state index contributed by atoms with van der Waals surface area (Å²) >= 11 is 0. The molecule has 3 heteroatoms. The third-order valence-corrected chi connectivity index (χ3v) is 3.07. The molecule has 1 N–H and O–H groups in total. The highest BCUT2D eigenvalue weighted by Crippen LogP contribution is 2.15. The molecule has 90 valence electrons. The van der Waals surface area contributed by atoms with Crippen molar-refractivity contribution >= 4 is 0 Å². The van der Waals surface area contributed by atoms with Gasteiger partial charge in [-0.3, -0.25) is 0 Å². The molecule has 0 fully saturated rings. The molecule has 0 bridgehead atoms. The van der Waals surface area contributed by atoms with Gasteiger partial charge in [0, 0.05) is 18.2 Å². The molecule has 0 radical (unpaired) electrons. The molecule has 0 aliphatic rings. The second-order valence-electron chi connectivity index (χ2n) is 4.32. The third kappa shape index (κ3) is 2.74. The lowest BCUT2D eigenvalue weighted by Gasteiger charge is -2.13. The number of hydrogen-bond acceptors (Lipinski definition) is 3. The highest BCUT2D eigenvalue weighted by Gasteiger charge is 2.10. The van der Waals surface area contributed by atoms with Gasteiger partial charge in [-0.15, -0.1) is 0 Å². The molecule has 2 aromatic rings. The molecule has 0 aliphatic carbocycles. The van der Waals surface area contributed by atoms with E-state index in [2.05, 4.69) is 41.7 Å². The predicted octanol–water partition coefficient (Wildman–Crippen LogP) is 3.14. The van der Waals surface area contributed by atoms with Crippen LogP contribution in [0.4, 0.5) is 0 Å². The van der Waals surface area contributed by atoms with Crippen LogP contribution in [0.2, 0.25) is 0 Å². The molecule has 0 aliphatic heterocycles. The first kappa shape index (κ1) is 11.9. The van der Waals surface area contributed by atoms with Crippen LogP contribution < -0.4 is 5.32 Å². The summed E-state index contributed by atoms with van der Waals surface area (Å²) in [5, 5.41) is 7.43. The fourth-order valence-corrected chi connectivity index (χ4v) is 1.87. The van der Waals surface area contributed by atoms with E-state index >= 15 is 0 Å². The predicted molar refractivity (Wildman–Crippen MR) is 67.7 cm³/mol. The minimum Gasteiger partial charge on any atom is -0.361 e. The molecular weight excluding hydrogens is 212 g/mol. The van der Waals surface area contributed by atoms with Crippen molar-refractivity contribution in [2.24, 2.45) is 0 Å². The van der Waals surface area contributed by atoms with E-state index in [9.17, 15) is 0 Å². The summed E-state index contributed by atoms with van der Waals surface area (Å²) in [6.45, 7) is 6.87. The number of nitrogens with one attached hydrogen (secondary N) is 1. The Bertz CT molecular complexity index is 457. The standard InChI is InChI=1S/C14H18N2O/c1-10(13-7-5-4-6-8-13)15-9-14-11(2)16-17-12(14)3/h4-8,10,15H,9H2,1-3H3. The third-order valence-electron chi connectivity index (χ3n) is 3.07. The second kappa shape index (κ2) is 5.15. The van der Waals surface area contributed by atoms with E-state index in [1.807, 2.05) is 19.9 Å². The Labute approximate surface area is 102 Å². The smallest absolute Gasteiger partial charge is 0.138 e. The summed E-state index contributed by atoms with van der Waals surface area (Å²) in [7, 11) is 0. The molecule has 1 atom stereocenters. The summed E-state index contributed by atoms with van der Waals surface area (Å²) in [6.07, 6.45) is 0. The van der Waals surface area contributed by atoms with E-state index in [1.54, 1.807) is 0 Å². The fourth-order valence-electron chi connectivity index (χ4n) is 1.87. The molecule has 3 nitrogen and oxygen atoms in total. The van der Waals surface area contributed by atoms with Crippen molar-refractivity contribution < 1.29 is 4.52 Å². The average Bonchev–Trinajstić information content (AvgIpc) is 2.67. The van der Waals surface area contributed by atoms with Gasteiger partial charge >= 0.3 is 0 Å². The van der Waals surface area contributed by atoms with Gasteiger partial charge in [-0.2, -0.15) is 0 Å². The van der Waals surface area contributed by atoms with Crippen molar-refractivity contribution in [1.82, 2.24) is 10.5 Å². The summed E-state index contributed by atoms with van der Waals surface area (Å²) < 4.78 is 5.14. The molecular formula is C14H18N2O. The number of aryl methyl sites for hydroxylation is 2. The zero-order chi connectivity index (χ0) is 12.3. The van der Waals surface area contributed by atoms with Crippen molar-refractivity contribution in [1.29, 1.82) is 0 Å². The normalized spacial score (nSPS) is 12.6. The van der Waals surface area contributed by atoms with E-state index in [0.717, 1.165) is 23.6 Å². The van der Waals surface area contributed by atoms with Crippen molar-refractivity contribution in [3.05, 3.63) is 52.9 Å². The second-order valence-corrected chi connectivity index (χ2v) is 4.32. The van der Waals surface area contributed by atoms with Crippen molar-refractivity contribution in [2.75, 3.05) is 0 Å². The number of aromatic nitrogens is 1. The zero-order valence-corrected chi connectivity index (χ0v) is 10.5. The molecule has 1 unspecified atom stereocenters. The van der Waals surface area contributed by atoms with E-state index in [0.29, 0.717) is 6.04 Å². The number of rotatable bonds is 4. The van der Waals surface area contributed by atoms with Crippen LogP contribution in [-0.2, 0) is 6.54 Å². The van der Waals surface area contributed by atoms with Crippen LogP contribution in [0.3, 0.4) is 0 Å². The minimum atomic E-state index is 0.324. The van der Waals surface area contributed by atoms with Crippen LogP contribution in [0, 0.1) is 13.8 Å². The molecule has 0 saturated heterocycles. The number of benzene rings is 1. The molecule has 0 saturated carbocycles. The summed E-state index contributed by atoms with van der Waals surface area (Å²) in [5.74, 6) is 0.898. The quantitative estimate of drug-likeness (QED) is 0.876. The molecule has 17 heavy (non-hydrogen) atoms. The van der Waals surface area contributed by atoms with Gasteiger partial charge in [0.2, 0.25) is 0 Å². The Morgan fingerprint density at radius 2 is 1.94 bits per heavy atom. The number of hydrogen-bond donors (Lipinski definition) is 1. The SMILES string of the molecule is Cc1noc(C)c1CNC(C)c1ccccc1. The molecule has 1 aromatic heterocycles. The molecule has 0 spiro atoms. The Morgan fingerprint density at radius 1 is 1.24 bits per heavy atom. The first-order valence-corrected chi connectivity index (χ1v) is 5.88. The van der Waals surface area contributed by atoms with Crippen molar-refractivity contribution in [2.45, 2.75) is 33.4 Å². The molecule has 0 amide bonds. The summed E-state index contributed by atoms with van der Waals surface area (Å²) in [4.78, 5) is 0. The Balaban J connectivity index is 1.99. The minimum absolute atomic E-state index is 0.324. The molecule has 1 aromatic carbocycles. The Kier molecular flexibility index (Phi) is 3.59. The van der Waals surface area contributed by atoms with E-state index < -0.39 is 0 Å². The average molecular weight is 230 g/mol. The molecule has 1 heterocycles. The lowest BCUT2D eigenvalue weighted by Crippen LogP contribution is -2.18. The molecule has 2 rings (SSSR count). The van der Waals surface area contributed by atoms with Crippen LogP contribution >= 0.6 is 0 Å². The van der Waals surface area contributed by atoms with Gasteiger partial charge in [0.05, 0.1) is 5.69 Å². The van der Waals surface area contributed by atoms with Gasteiger partial charge in [-0.25, -0.2) is 0 Å². The van der Waals surface area contributed by atoms with Crippen molar-refractivity contribution in [3.63, 3.8) is 0 Å². The van der Waals surface area contributed by atoms with Crippen LogP contribution in [-0.4, -0.2) is 5.16 Å². The van der Waals surface area contributed by atoms with Crippen LogP contribution in [0.5, 0.6) is 0 Å². The first-order chi connectivity index (χ1) is 8.18. The first-order valence-electron chi connectivity index (χ1n) is 5.88. The van der Waals surface area contributed by atoms with Gasteiger partial charge in [-0.05, 0) is 26.3 Å². The van der Waals surface area contributed by atoms with Gasteiger partial charge in [0.25, 0.3) is 0 Å².